The van der Waals surface area contributed by atoms with Crippen LogP contribution in [0.15, 0.2) is 43.2 Å². The molecule has 1 aromatic carbocycles. The molecule has 0 spiro atoms. The van der Waals surface area contributed by atoms with Gasteiger partial charge in [0.25, 0.3) is 5.88 Å². The van der Waals surface area contributed by atoms with Crippen LogP contribution in [0.25, 0.3) is 11.0 Å². The molecule has 0 unspecified atom stereocenters. The van der Waals surface area contributed by atoms with Gasteiger partial charge in [0.15, 0.2) is 5.89 Å². The number of benzene rings is 1. The van der Waals surface area contributed by atoms with Crippen LogP contribution in [-0.2, 0) is 0 Å². The van der Waals surface area contributed by atoms with Crippen LogP contribution in [0.3, 0.4) is 0 Å². The minimum Gasteiger partial charge on any atom is -0.463 e. The first kappa shape index (κ1) is 14.5. The number of anilines is 1. The number of hydrogen-bond donors (Lipinski definition) is 1. The van der Waals surface area contributed by atoms with Crippen LogP contribution < -0.4 is 10.9 Å². The number of nitrogens with one attached hydrogen (secondary N) is 1. The lowest BCUT2D eigenvalue weighted by Gasteiger charge is -1.98. The number of fused-ring (bicyclic) bond motifs is 1. The normalized spacial score (nSPS) is 11.0. The number of rotatable bonds is 3. The van der Waals surface area contributed by atoms with Crippen LogP contribution in [0, 0.1) is 24.1 Å². The fourth-order valence-electron chi connectivity index (χ4n) is 1.95. The predicted molar refractivity (Wildman–Crippen MR) is 79.6 cm³/mol. The second-order valence-electron chi connectivity index (χ2n) is 4.55. The van der Waals surface area contributed by atoms with Crippen LogP contribution in [0.4, 0.5) is 10.3 Å². The lowest BCUT2D eigenvalue weighted by atomic mass is 10.2. The van der Waals surface area contributed by atoms with Gasteiger partial charge in [0.1, 0.15) is 23.7 Å². The molecule has 0 radical (unpaired) electrons. The lowest BCUT2D eigenvalue weighted by molar-refractivity contribution is 0.533. The molecule has 0 atom stereocenters. The molecular formula is C15H9FN4O3. The Hall–Kier alpha value is -3.47. The maximum atomic E-state index is 13.2. The van der Waals surface area contributed by atoms with Crippen molar-refractivity contribution in [1.82, 2.24) is 4.98 Å². The zero-order valence-electron chi connectivity index (χ0n) is 11.8. The summed E-state index contributed by atoms with van der Waals surface area (Å²) >= 11 is 0. The van der Waals surface area contributed by atoms with Gasteiger partial charge in [-0.05, 0) is 18.2 Å². The van der Waals surface area contributed by atoms with Crippen LogP contribution in [0.2, 0.25) is 0 Å². The number of nitrogens with zero attached hydrogens (tertiary/aromatic N) is 3. The average Bonchev–Trinajstić information content (AvgIpc) is 2.90. The smallest absolute Gasteiger partial charge is 0.252 e. The third-order valence-electron chi connectivity index (χ3n) is 2.97. The number of hydrazone groups is 1. The number of aromatic nitrogens is 1. The van der Waals surface area contributed by atoms with E-state index in [1.54, 1.807) is 6.92 Å². The molecule has 3 aromatic rings. The highest BCUT2D eigenvalue weighted by atomic mass is 19.1. The van der Waals surface area contributed by atoms with Gasteiger partial charge in [-0.25, -0.2) is 14.8 Å². The summed E-state index contributed by atoms with van der Waals surface area (Å²) in [5, 5.41) is 12.8. The second-order valence-corrected chi connectivity index (χ2v) is 4.55. The minimum absolute atomic E-state index is 0.0484. The van der Waals surface area contributed by atoms with Crippen LogP contribution in [-0.4, -0.2) is 11.2 Å². The van der Waals surface area contributed by atoms with Crippen LogP contribution in [0.1, 0.15) is 17.1 Å². The molecule has 0 saturated heterocycles. The highest BCUT2D eigenvalue weighted by molar-refractivity contribution is 5.86. The average molecular weight is 312 g/mol. The van der Waals surface area contributed by atoms with Gasteiger partial charge >= 0.3 is 0 Å². The summed E-state index contributed by atoms with van der Waals surface area (Å²) in [6, 6.07) is 5.52. The maximum absolute atomic E-state index is 13.2. The van der Waals surface area contributed by atoms with E-state index in [0.29, 0.717) is 5.89 Å². The number of hydrogen-bond acceptors (Lipinski definition) is 7. The van der Waals surface area contributed by atoms with Crippen molar-refractivity contribution in [2.45, 2.75) is 6.92 Å². The van der Waals surface area contributed by atoms with Gasteiger partial charge in [0, 0.05) is 6.92 Å². The van der Waals surface area contributed by atoms with Crippen LogP contribution in [0.5, 0.6) is 0 Å². The van der Waals surface area contributed by atoms with Gasteiger partial charge in [-0.2, -0.15) is 10.4 Å². The lowest BCUT2D eigenvalue weighted by Crippen LogP contribution is -2.08. The fourth-order valence-corrected chi connectivity index (χ4v) is 1.95. The molecule has 7 nitrogen and oxygen atoms in total. The summed E-state index contributed by atoms with van der Waals surface area (Å²) in [5.41, 5.74) is 2.50. The van der Waals surface area contributed by atoms with Crippen molar-refractivity contribution < 1.29 is 13.2 Å². The molecule has 2 heterocycles. The Bertz CT molecular complexity index is 1010. The van der Waals surface area contributed by atoms with Crippen molar-refractivity contribution in [3.05, 3.63) is 57.7 Å². The van der Waals surface area contributed by atoms with E-state index in [-0.39, 0.29) is 28.1 Å². The minimum atomic E-state index is -0.534. The van der Waals surface area contributed by atoms with Gasteiger partial charge in [0.05, 0.1) is 17.2 Å². The molecule has 23 heavy (non-hydrogen) atoms. The molecule has 0 amide bonds. The Balaban J connectivity index is 1.91. The van der Waals surface area contributed by atoms with E-state index in [0.717, 1.165) is 6.07 Å². The molecule has 0 saturated carbocycles. The molecule has 0 aliphatic heterocycles. The van der Waals surface area contributed by atoms with E-state index in [1.165, 1.54) is 24.6 Å². The number of oxazole rings is 1. The SMILES string of the molecule is Cc1nc(C#N)c(N/N=C\c2coc3ccc(F)cc3c2=O)o1. The largest absolute Gasteiger partial charge is 0.463 e. The Labute approximate surface area is 128 Å². The third kappa shape index (κ3) is 2.80. The first-order chi connectivity index (χ1) is 11.1. The van der Waals surface area contributed by atoms with E-state index in [1.807, 2.05) is 6.07 Å². The first-order valence-corrected chi connectivity index (χ1v) is 6.46. The van der Waals surface area contributed by atoms with Gasteiger partial charge < -0.3 is 8.83 Å². The summed E-state index contributed by atoms with van der Waals surface area (Å²) in [6.45, 7) is 1.59. The van der Waals surface area contributed by atoms with E-state index >= 15 is 0 Å². The van der Waals surface area contributed by atoms with E-state index in [2.05, 4.69) is 15.5 Å². The molecule has 114 valence electrons. The highest BCUT2D eigenvalue weighted by Gasteiger charge is 2.10. The molecule has 8 heteroatoms. The third-order valence-corrected chi connectivity index (χ3v) is 2.97. The van der Waals surface area contributed by atoms with E-state index in [4.69, 9.17) is 14.1 Å². The molecule has 0 fully saturated rings. The molecule has 0 aliphatic carbocycles. The maximum Gasteiger partial charge on any atom is 0.252 e. The zero-order chi connectivity index (χ0) is 16.4. The summed E-state index contributed by atoms with van der Waals surface area (Å²) in [5.74, 6) is -0.162. The van der Waals surface area contributed by atoms with Crippen LogP contribution >= 0.6 is 0 Å². The molecule has 3 rings (SSSR count). The van der Waals surface area contributed by atoms with Gasteiger partial charge in [-0.15, -0.1) is 0 Å². The molecule has 2 aromatic heterocycles. The Kier molecular flexibility index (Phi) is 3.60. The van der Waals surface area contributed by atoms with Crippen molar-refractivity contribution in [1.29, 1.82) is 5.26 Å². The molecule has 0 aliphatic rings. The number of halogens is 1. The van der Waals surface area contributed by atoms with Crippen molar-refractivity contribution >= 4 is 23.1 Å². The van der Waals surface area contributed by atoms with Gasteiger partial charge in [0.2, 0.25) is 11.1 Å². The fraction of sp³-hybridized carbons (Fsp3) is 0.0667. The monoisotopic (exact) mass is 312 g/mol. The Morgan fingerprint density at radius 2 is 2.30 bits per heavy atom. The summed E-state index contributed by atoms with van der Waals surface area (Å²) in [7, 11) is 0. The molecule has 0 bridgehead atoms. The van der Waals surface area contributed by atoms with Crippen molar-refractivity contribution in [2.75, 3.05) is 5.43 Å². The van der Waals surface area contributed by atoms with E-state index < -0.39 is 11.2 Å². The highest BCUT2D eigenvalue weighted by Crippen LogP contribution is 2.15. The zero-order valence-corrected chi connectivity index (χ0v) is 11.8. The summed E-state index contributed by atoms with van der Waals surface area (Å²) in [4.78, 5) is 16.1. The topological polar surface area (TPSA) is 104 Å². The predicted octanol–water partition coefficient (Wildman–Crippen LogP) is 2.55. The second kappa shape index (κ2) is 5.73. The van der Waals surface area contributed by atoms with Crippen molar-refractivity contribution in [3.8, 4) is 6.07 Å². The van der Waals surface area contributed by atoms with Crippen molar-refractivity contribution in [3.63, 3.8) is 0 Å². The Morgan fingerprint density at radius 3 is 3.09 bits per heavy atom. The van der Waals surface area contributed by atoms with Gasteiger partial charge in [-0.3, -0.25) is 4.79 Å². The summed E-state index contributed by atoms with van der Waals surface area (Å²) < 4.78 is 23.6. The Morgan fingerprint density at radius 1 is 1.48 bits per heavy atom. The molecule has 1 N–H and O–H groups in total. The van der Waals surface area contributed by atoms with Crippen molar-refractivity contribution in [2.24, 2.45) is 5.10 Å². The first-order valence-electron chi connectivity index (χ1n) is 6.46. The standard InChI is InChI=1S/C15H9FN4O3/c1-8-19-12(5-17)15(23-8)20-18-6-9-7-22-13-3-2-10(16)4-11(13)14(9)21/h2-4,6-7,20H,1H3/b18-6-. The quantitative estimate of drug-likeness (QED) is 0.588. The summed E-state index contributed by atoms with van der Waals surface area (Å²) in [6.07, 6.45) is 2.40. The number of nitriles is 1. The van der Waals surface area contributed by atoms with Gasteiger partial charge in [-0.1, -0.05) is 0 Å². The van der Waals surface area contributed by atoms with E-state index in [9.17, 15) is 9.18 Å². The number of aryl methyl sites for hydroxylation is 1. The molecular weight excluding hydrogens is 303 g/mol.